The smallest absolute Gasteiger partial charge is 0.121 e. The van der Waals surface area contributed by atoms with E-state index in [-0.39, 0.29) is 6.04 Å². The maximum absolute atomic E-state index is 5.53. The average molecular weight is 154 g/mol. The predicted octanol–water partition coefficient (Wildman–Crippen LogP) is 0.889. The normalized spacial score (nSPS) is 13.3. The van der Waals surface area contributed by atoms with E-state index in [1.165, 1.54) is 0 Å². The molecule has 3 N–H and O–H groups in total. The largest absolute Gasteiger partial charge is 0.468 e. The molecule has 11 heavy (non-hydrogen) atoms. The number of nitrogens with one attached hydrogen (secondary N) is 1. The summed E-state index contributed by atoms with van der Waals surface area (Å²) in [5.41, 5.74) is 5.53. The molecule has 1 heterocycles. The minimum absolute atomic E-state index is 0.162. The van der Waals surface area contributed by atoms with E-state index in [1.54, 1.807) is 6.26 Å². The second kappa shape index (κ2) is 4.16. The van der Waals surface area contributed by atoms with Gasteiger partial charge in [0, 0.05) is 6.54 Å². The molecule has 1 aromatic rings. The molecule has 0 saturated carbocycles. The lowest BCUT2D eigenvalue weighted by molar-refractivity contribution is 0.423. The lowest BCUT2D eigenvalue weighted by Crippen LogP contribution is -2.27. The van der Waals surface area contributed by atoms with Gasteiger partial charge < -0.3 is 15.5 Å². The Labute approximate surface area is 66.6 Å². The number of hydrogen-bond donors (Lipinski definition) is 2. The SMILES string of the molecule is CCNC(CN)c1ccco1. The Balaban J connectivity index is 2.56. The number of rotatable bonds is 4. The van der Waals surface area contributed by atoms with Crippen LogP contribution in [0.25, 0.3) is 0 Å². The Morgan fingerprint density at radius 1 is 1.73 bits per heavy atom. The molecule has 0 aliphatic rings. The van der Waals surface area contributed by atoms with Crippen LogP contribution in [0.4, 0.5) is 0 Å². The minimum atomic E-state index is 0.162. The molecule has 3 nitrogen and oxygen atoms in total. The van der Waals surface area contributed by atoms with Crippen molar-refractivity contribution in [3.8, 4) is 0 Å². The molecule has 0 aliphatic heterocycles. The van der Waals surface area contributed by atoms with Crippen molar-refractivity contribution in [3.05, 3.63) is 24.2 Å². The van der Waals surface area contributed by atoms with E-state index in [0.29, 0.717) is 6.54 Å². The highest BCUT2D eigenvalue weighted by Crippen LogP contribution is 2.10. The van der Waals surface area contributed by atoms with E-state index in [1.807, 2.05) is 19.1 Å². The molecular formula is C8H14N2O. The summed E-state index contributed by atoms with van der Waals surface area (Å²) < 4.78 is 5.20. The summed E-state index contributed by atoms with van der Waals surface area (Å²) in [5, 5.41) is 3.22. The molecular weight excluding hydrogens is 140 g/mol. The van der Waals surface area contributed by atoms with Gasteiger partial charge in [0.25, 0.3) is 0 Å². The van der Waals surface area contributed by atoms with E-state index < -0.39 is 0 Å². The zero-order valence-corrected chi connectivity index (χ0v) is 6.71. The molecule has 0 amide bonds. The summed E-state index contributed by atoms with van der Waals surface area (Å²) in [5.74, 6) is 0.911. The van der Waals surface area contributed by atoms with E-state index in [9.17, 15) is 0 Å². The first kappa shape index (κ1) is 8.30. The van der Waals surface area contributed by atoms with Crippen LogP contribution in [0.2, 0.25) is 0 Å². The quantitative estimate of drug-likeness (QED) is 0.677. The van der Waals surface area contributed by atoms with Crippen molar-refractivity contribution >= 4 is 0 Å². The van der Waals surface area contributed by atoms with Gasteiger partial charge in [0.05, 0.1) is 12.3 Å². The van der Waals surface area contributed by atoms with Crippen LogP contribution < -0.4 is 11.1 Å². The van der Waals surface area contributed by atoms with E-state index in [2.05, 4.69) is 5.32 Å². The molecule has 0 aromatic carbocycles. The Bertz CT molecular complexity index is 184. The fourth-order valence-corrected chi connectivity index (χ4v) is 1.04. The molecule has 0 radical (unpaired) electrons. The van der Waals surface area contributed by atoms with Gasteiger partial charge in [-0.3, -0.25) is 0 Å². The van der Waals surface area contributed by atoms with Crippen LogP contribution in [-0.2, 0) is 0 Å². The Kier molecular flexibility index (Phi) is 3.14. The highest BCUT2D eigenvalue weighted by molar-refractivity contribution is 5.04. The van der Waals surface area contributed by atoms with Crippen molar-refractivity contribution < 1.29 is 4.42 Å². The fourth-order valence-electron chi connectivity index (χ4n) is 1.04. The monoisotopic (exact) mass is 154 g/mol. The van der Waals surface area contributed by atoms with Crippen molar-refractivity contribution in [2.75, 3.05) is 13.1 Å². The number of likely N-dealkylation sites (N-methyl/N-ethyl adjacent to an activating group) is 1. The van der Waals surface area contributed by atoms with Gasteiger partial charge in [-0.15, -0.1) is 0 Å². The minimum Gasteiger partial charge on any atom is -0.468 e. The summed E-state index contributed by atoms with van der Waals surface area (Å²) in [6, 6.07) is 3.96. The summed E-state index contributed by atoms with van der Waals surface area (Å²) in [7, 11) is 0. The van der Waals surface area contributed by atoms with Crippen LogP contribution in [0.5, 0.6) is 0 Å². The van der Waals surface area contributed by atoms with Crippen molar-refractivity contribution in [3.63, 3.8) is 0 Å². The van der Waals surface area contributed by atoms with Gasteiger partial charge in [-0.05, 0) is 18.7 Å². The molecule has 0 fully saturated rings. The molecule has 0 spiro atoms. The van der Waals surface area contributed by atoms with Gasteiger partial charge in [-0.1, -0.05) is 6.92 Å². The highest BCUT2D eigenvalue weighted by Gasteiger charge is 2.09. The molecule has 0 saturated heterocycles. The molecule has 62 valence electrons. The van der Waals surface area contributed by atoms with E-state index in [0.717, 1.165) is 12.3 Å². The lowest BCUT2D eigenvalue weighted by atomic mass is 10.2. The lowest BCUT2D eigenvalue weighted by Gasteiger charge is -2.11. The van der Waals surface area contributed by atoms with Gasteiger partial charge in [0.1, 0.15) is 5.76 Å². The van der Waals surface area contributed by atoms with Crippen molar-refractivity contribution in [2.45, 2.75) is 13.0 Å². The predicted molar refractivity (Wildman–Crippen MR) is 44.2 cm³/mol. The molecule has 0 bridgehead atoms. The average Bonchev–Trinajstić information content (AvgIpc) is 2.52. The number of furan rings is 1. The molecule has 1 unspecified atom stereocenters. The topological polar surface area (TPSA) is 51.2 Å². The Morgan fingerprint density at radius 2 is 2.55 bits per heavy atom. The van der Waals surface area contributed by atoms with Crippen LogP contribution in [0.3, 0.4) is 0 Å². The third-order valence-corrected chi connectivity index (χ3v) is 1.57. The summed E-state index contributed by atoms with van der Waals surface area (Å²) >= 11 is 0. The van der Waals surface area contributed by atoms with Gasteiger partial charge in [-0.25, -0.2) is 0 Å². The second-order valence-electron chi connectivity index (χ2n) is 2.36. The molecule has 1 rings (SSSR count). The maximum atomic E-state index is 5.53. The first-order valence-electron chi connectivity index (χ1n) is 3.85. The van der Waals surface area contributed by atoms with Crippen molar-refractivity contribution in [1.82, 2.24) is 5.32 Å². The summed E-state index contributed by atoms with van der Waals surface area (Å²) in [4.78, 5) is 0. The zero-order valence-electron chi connectivity index (χ0n) is 6.71. The molecule has 1 aromatic heterocycles. The second-order valence-corrected chi connectivity index (χ2v) is 2.36. The van der Waals surface area contributed by atoms with E-state index >= 15 is 0 Å². The third kappa shape index (κ3) is 2.06. The van der Waals surface area contributed by atoms with Crippen molar-refractivity contribution in [2.24, 2.45) is 5.73 Å². The first-order valence-corrected chi connectivity index (χ1v) is 3.85. The highest BCUT2D eigenvalue weighted by atomic mass is 16.3. The van der Waals surface area contributed by atoms with Gasteiger partial charge >= 0.3 is 0 Å². The van der Waals surface area contributed by atoms with Crippen LogP contribution in [0.1, 0.15) is 18.7 Å². The zero-order chi connectivity index (χ0) is 8.10. The Hall–Kier alpha value is -0.800. The molecule has 1 atom stereocenters. The first-order chi connectivity index (χ1) is 5.38. The maximum Gasteiger partial charge on any atom is 0.121 e. The van der Waals surface area contributed by atoms with Crippen LogP contribution in [0, 0.1) is 0 Å². The molecule has 3 heteroatoms. The number of nitrogens with two attached hydrogens (primary N) is 1. The number of hydrogen-bond acceptors (Lipinski definition) is 3. The van der Waals surface area contributed by atoms with Crippen LogP contribution in [-0.4, -0.2) is 13.1 Å². The van der Waals surface area contributed by atoms with E-state index in [4.69, 9.17) is 10.2 Å². The van der Waals surface area contributed by atoms with Gasteiger partial charge in [0.15, 0.2) is 0 Å². The van der Waals surface area contributed by atoms with Gasteiger partial charge in [-0.2, -0.15) is 0 Å². The standard InChI is InChI=1S/C8H14N2O/c1-2-10-7(6-9)8-4-3-5-11-8/h3-5,7,10H,2,6,9H2,1H3. The van der Waals surface area contributed by atoms with Gasteiger partial charge in [0.2, 0.25) is 0 Å². The van der Waals surface area contributed by atoms with Crippen LogP contribution in [0.15, 0.2) is 22.8 Å². The third-order valence-electron chi connectivity index (χ3n) is 1.57. The molecule has 0 aliphatic carbocycles. The summed E-state index contributed by atoms with van der Waals surface area (Å²) in [6.07, 6.45) is 1.66. The summed E-state index contributed by atoms with van der Waals surface area (Å²) in [6.45, 7) is 3.52. The van der Waals surface area contributed by atoms with Crippen LogP contribution >= 0.6 is 0 Å². The van der Waals surface area contributed by atoms with Crippen molar-refractivity contribution in [1.29, 1.82) is 0 Å². The Morgan fingerprint density at radius 3 is 3.00 bits per heavy atom. The fraction of sp³-hybridized carbons (Fsp3) is 0.500.